The molecule has 1 aliphatic rings. The number of benzene rings is 2. The van der Waals surface area contributed by atoms with Crippen LogP contribution in [0.15, 0.2) is 54.9 Å². The lowest BCUT2D eigenvalue weighted by Crippen LogP contribution is -2.55. The van der Waals surface area contributed by atoms with Crippen molar-refractivity contribution in [2.45, 2.75) is 69.5 Å². The van der Waals surface area contributed by atoms with E-state index in [2.05, 4.69) is 15.6 Å². The van der Waals surface area contributed by atoms with Crippen LogP contribution in [0, 0.1) is 23.3 Å². The van der Waals surface area contributed by atoms with E-state index in [1.165, 1.54) is 17.0 Å². The number of nitrogens with one attached hydrogen (secondary N) is 3. The minimum atomic E-state index is -4.68. The molecule has 0 bridgehead atoms. The first-order chi connectivity index (χ1) is 26.7. The average Bonchev–Trinajstić information content (AvgIpc) is 3.12. The first kappa shape index (κ1) is 44.1. The molecular weight excluding hydrogens is 775 g/mol. The highest BCUT2D eigenvalue weighted by Crippen LogP contribution is 2.32. The molecule has 0 aliphatic carbocycles. The second kappa shape index (κ2) is 19.0. The fourth-order valence-corrected chi connectivity index (χ4v) is 5.84. The van der Waals surface area contributed by atoms with E-state index >= 15 is 4.39 Å². The van der Waals surface area contributed by atoms with Gasteiger partial charge < -0.3 is 34.9 Å². The maximum Gasteiger partial charge on any atom is 0.410 e. The van der Waals surface area contributed by atoms with Crippen LogP contribution in [0.4, 0.5) is 50.8 Å². The van der Waals surface area contributed by atoms with Crippen molar-refractivity contribution in [3.8, 4) is 0 Å². The molecule has 1 saturated heterocycles. The summed E-state index contributed by atoms with van der Waals surface area (Å²) >= 11 is 0. The monoisotopic (exact) mass is 815 g/mol. The fourth-order valence-electron chi connectivity index (χ4n) is 5.84. The van der Waals surface area contributed by atoms with Crippen LogP contribution >= 0.6 is 0 Å². The van der Waals surface area contributed by atoms with Gasteiger partial charge >= 0.3 is 24.5 Å². The van der Waals surface area contributed by atoms with Gasteiger partial charge in [0.25, 0.3) is 0 Å². The zero-order valence-electron chi connectivity index (χ0n) is 31.1. The SMILES string of the molecule is COC(=O)N[C@H](C(=O)Nc1cncc(F)c1CC[C@@H]1CN(C(=O)OC(C)(C)C)[C@@H](COC(=O)NCC(F)(F)F)CO1)[C@@H](c1ccc(F)cc1)c1cc(F)cc(F)c1. The maximum absolute atomic E-state index is 15.4. The third-order valence-electron chi connectivity index (χ3n) is 8.36. The number of carbonyl (C=O) groups excluding carboxylic acids is 4. The van der Waals surface area contributed by atoms with Crippen LogP contribution in [0.5, 0.6) is 0 Å². The Morgan fingerprint density at radius 1 is 0.930 bits per heavy atom. The Hall–Kier alpha value is -5.66. The Labute approximate surface area is 322 Å². The van der Waals surface area contributed by atoms with E-state index in [-0.39, 0.29) is 48.4 Å². The predicted octanol–water partition coefficient (Wildman–Crippen LogP) is 6.36. The molecule has 2 heterocycles. The number of alkyl halides is 3. The molecule has 2 aromatic carbocycles. The third kappa shape index (κ3) is 13.2. The van der Waals surface area contributed by atoms with Gasteiger partial charge in [0.15, 0.2) is 0 Å². The molecular formula is C37H40F7N5O8. The van der Waals surface area contributed by atoms with Crippen LogP contribution in [0.1, 0.15) is 49.8 Å². The number of halogens is 7. The second-order valence-electron chi connectivity index (χ2n) is 13.8. The molecule has 0 unspecified atom stereocenters. The Balaban J connectivity index is 1.56. The quantitative estimate of drug-likeness (QED) is 0.140. The van der Waals surface area contributed by atoms with Crippen LogP contribution in [0.25, 0.3) is 0 Å². The van der Waals surface area contributed by atoms with Gasteiger partial charge in [-0.15, -0.1) is 0 Å². The van der Waals surface area contributed by atoms with Crippen molar-refractivity contribution in [2.24, 2.45) is 0 Å². The van der Waals surface area contributed by atoms with Crippen LogP contribution in [-0.2, 0) is 30.2 Å². The lowest BCUT2D eigenvalue weighted by atomic mass is 9.84. The van der Waals surface area contributed by atoms with Gasteiger partial charge in [0.05, 0.1) is 50.5 Å². The predicted molar refractivity (Wildman–Crippen MR) is 187 cm³/mol. The zero-order valence-corrected chi connectivity index (χ0v) is 31.1. The summed E-state index contributed by atoms with van der Waals surface area (Å²) in [6, 6.07) is 4.37. The molecule has 20 heteroatoms. The van der Waals surface area contributed by atoms with Crippen molar-refractivity contribution in [2.75, 3.05) is 38.7 Å². The van der Waals surface area contributed by atoms with Crippen LogP contribution in [0.3, 0.4) is 0 Å². The van der Waals surface area contributed by atoms with Crippen LogP contribution in [0.2, 0.25) is 0 Å². The number of methoxy groups -OCH3 is 1. The summed E-state index contributed by atoms with van der Waals surface area (Å²) in [4.78, 5) is 56.6. The number of hydrogen-bond donors (Lipinski definition) is 3. The molecule has 0 radical (unpaired) electrons. The van der Waals surface area contributed by atoms with E-state index in [4.69, 9.17) is 18.9 Å². The molecule has 57 heavy (non-hydrogen) atoms. The summed E-state index contributed by atoms with van der Waals surface area (Å²) in [6.45, 7) is 2.18. The molecule has 13 nitrogen and oxygen atoms in total. The second-order valence-corrected chi connectivity index (χ2v) is 13.8. The molecule has 1 fully saturated rings. The topological polar surface area (TPSA) is 157 Å². The normalized spacial score (nSPS) is 16.9. The standard InChI is InChI=1S/C37H40F7N5O8/c1-36(2,3)57-35(53)49-16-26(55-17-25(49)18-56-33(51)46-19-37(42,43)44)9-10-27-28(41)14-45-15-29(27)47-32(50)31(48-34(52)54-4)30(20-5-7-22(38)8-6-20)21-11-23(39)13-24(40)12-21/h5-8,11-15,25-26,30-31H,9-10,16-19H2,1-4H3,(H,46,51)(H,47,50)(H,48,52)/t25-,26-,30+,31+/m1/s1. The number of rotatable bonds is 12. The van der Waals surface area contributed by atoms with E-state index in [1.807, 2.05) is 0 Å². The van der Waals surface area contributed by atoms with Gasteiger partial charge in [0.2, 0.25) is 5.91 Å². The number of aromatic nitrogens is 1. The van der Waals surface area contributed by atoms with Gasteiger partial charge in [-0.05, 0) is 69.0 Å². The number of morpholine rings is 1. The smallest absolute Gasteiger partial charge is 0.410 e. The number of alkyl carbamates (subject to hydrolysis) is 2. The van der Waals surface area contributed by atoms with Crippen molar-refractivity contribution >= 4 is 29.9 Å². The van der Waals surface area contributed by atoms with Crippen LogP contribution < -0.4 is 16.0 Å². The van der Waals surface area contributed by atoms with Crippen molar-refractivity contribution < 1.29 is 68.9 Å². The molecule has 0 saturated carbocycles. The Morgan fingerprint density at radius 2 is 1.60 bits per heavy atom. The maximum atomic E-state index is 15.4. The van der Waals surface area contributed by atoms with Gasteiger partial charge in [-0.25, -0.2) is 31.9 Å². The number of nitrogens with zero attached hydrogens (tertiary/aromatic N) is 2. The van der Waals surface area contributed by atoms with Gasteiger partial charge in [-0.1, -0.05) is 12.1 Å². The molecule has 4 atom stereocenters. The van der Waals surface area contributed by atoms with Gasteiger partial charge in [-0.2, -0.15) is 13.2 Å². The highest BCUT2D eigenvalue weighted by Gasteiger charge is 2.37. The Kier molecular flexibility index (Phi) is 14.7. The molecule has 3 aromatic rings. The number of anilines is 1. The lowest BCUT2D eigenvalue weighted by molar-refractivity contribution is -0.124. The van der Waals surface area contributed by atoms with Crippen LogP contribution in [-0.4, -0.2) is 97.4 Å². The molecule has 1 aromatic heterocycles. The van der Waals surface area contributed by atoms with E-state index in [1.54, 1.807) is 26.1 Å². The number of amides is 4. The van der Waals surface area contributed by atoms with Crippen molar-refractivity contribution in [3.63, 3.8) is 0 Å². The highest BCUT2D eigenvalue weighted by atomic mass is 19.4. The number of hydrogen-bond acceptors (Lipinski definition) is 9. The van der Waals surface area contributed by atoms with Crippen molar-refractivity contribution in [1.29, 1.82) is 0 Å². The average molecular weight is 816 g/mol. The van der Waals surface area contributed by atoms with Crippen molar-refractivity contribution in [3.05, 3.63) is 94.8 Å². The summed E-state index contributed by atoms with van der Waals surface area (Å²) < 4.78 is 117. The summed E-state index contributed by atoms with van der Waals surface area (Å²) in [5.74, 6) is -5.91. The zero-order chi connectivity index (χ0) is 42.1. The molecule has 310 valence electrons. The van der Waals surface area contributed by atoms with E-state index < -0.39 is 96.5 Å². The van der Waals surface area contributed by atoms with E-state index in [0.717, 1.165) is 43.8 Å². The van der Waals surface area contributed by atoms with E-state index in [0.29, 0.717) is 6.07 Å². The molecule has 3 N–H and O–H groups in total. The van der Waals surface area contributed by atoms with Gasteiger partial charge in [0.1, 0.15) is 48.1 Å². The summed E-state index contributed by atoms with van der Waals surface area (Å²) in [5.41, 5.74) is -1.19. The molecule has 4 rings (SSSR count). The molecule has 1 aliphatic heterocycles. The number of ether oxygens (including phenoxy) is 4. The highest BCUT2D eigenvalue weighted by molar-refractivity contribution is 5.98. The van der Waals surface area contributed by atoms with Crippen molar-refractivity contribution in [1.82, 2.24) is 20.5 Å². The minimum Gasteiger partial charge on any atom is -0.453 e. The minimum absolute atomic E-state index is 0.00730. The third-order valence-corrected chi connectivity index (χ3v) is 8.36. The number of pyridine rings is 1. The fraction of sp³-hybridized carbons (Fsp3) is 0.432. The molecule has 4 amide bonds. The Morgan fingerprint density at radius 3 is 2.21 bits per heavy atom. The molecule has 0 spiro atoms. The number of carbonyl (C=O) groups is 4. The first-order valence-corrected chi connectivity index (χ1v) is 17.3. The van der Waals surface area contributed by atoms with Gasteiger partial charge in [-0.3, -0.25) is 14.7 Å². The lowest BCUT2D eigenvalue weighted by Gasteiger charge is -2.39. The summed E-state index contributed by atoms with van der Waals surface area (Å²) in [7, 11) is 1.01. The largest absolute Gasteiger partial charge is 0.453 e. The Bertz CT molecular complexity index is 1880. The van der Waals surface area contributed by atoms with E-state index in [9.17, 15) is 45.5 Å². The summed E-state index contributed by atoms with van der Waals surface area (Å²) in [6.07, 6.45) is -6.98. The van der Waals surface area contributed by atoms with Gasteiger partial charge in [0, 0.05) is 17.5 Å². The summed E-state index contributed by atoms with van der Waals surface area (Å²) in [5, 5.41) is 6.41. The first-order valence-electron chi connectivity index (χ1n) is 17.3.